The fourth-order valence-corrected chi connectivity index (χ4v) is 3.25. The zero-order valence-electron chi connectivity index (χ0n) is 14.0. The van der Waals surface area contributed by atoms with E-state index in [1.54, 1.807) is 4.90 Å². The van der Waals surface area contributed by atoms with Crippen LogP contribution in [0, 0.1) is 0 Å². The molecule has 1 aliphatic heterocycles. The van der Waals surface area contributed by atoms with Crippen LogP contribution < -0.4 is 4.90 Å². The molecular formula is C18H26N2O3. The lowest BCUT2D eigenvalue weighted by atomic mass is 9.98. The number of benzene rings is 1. The molecule has 1 saturated heterocycles. The number of rotatable bonds is 6. The van der Waals surface area contributed by atoms with Crippen molar-refractivity contribution < 1.29 is 14.7 Å². The Morgan fingerprint density at radius 3 is 2.39 bits per heavy atom. The van der Waals surface area contributed by atoms with Crippen molar-refractivity contribution in [2.24, 2.45) is 0 Å². The normalized spacial score (nSPS) is 17.8. The van der Waals surface area contributed by atoms with Crippen LogP contribution in [0.4, 0.5) is 5.69 Å². The first kappa shape index (κ1) is 17.3. The van der Waals surface area contributed by atoms with E-state index >= 15 is 0 Å². The van der Waals surface area contributed by atoms with E-state index < -0.39 is 5.97 Å². The minimum Gasteiger partial charge on any atom is -0.481 e. The third-order valence-electron chi connectivity index (χ3n) is 4.54. The highest BCUT2D eigenvalue weighted by Gasteiger charge is 2.29. The molecule has 0 radical (unpaired) electrons. The summed E-state index contributed by atoms with van der Waals surface area (Å²) in [5.74, 6) is -0.895. The van der Waals surface area contributed by atoms with Gasteiger partial charge in [-0.05, 0) is 57.4 Å². The van der Waals surface area contributed by atoms with Gasteiger partial charge in [0.25, 0.3) is 5.91 Å². The van der Waals surface area contributed by atoms with Gasteiger partial charge >= 0.3 is 5.97 Å². The number of amides is 1. The fraction of sp³-hybridized carbons (Fsp3) is 0.556. The molecule has 23 heavy (non-hydrogen) atoms. The molecule has 1 aromatic rings. The van der Waals surface area contributed by atoms with Crippen molar-refractivity contribution in [3.63, 3.8) is 0 Å². The van der Waals surface area contributed by atoms with Gasteiger partial charge in [-0.15, -0.1) is 0 Å². The topological polar surface area (TPSA) is 60.9 Å². The molecule has 0 spiro atoms. The number of carbonyl (C=O) groups excluding carboxylic acids is 1. The Bertz CT molecular complexity index is 538. The molecule has 5 nitrogen and oxygen atoms in total. The summed E-state index contributed by atoms with van der Waals surface area (Å²) in [7, 11) is 0. The van der Waals surface area contributed by atoms with Crippen molar-refractivity contribution in [1.82, 2.24) is 4.90 Å². The van der Waals surface area contributed by atoms with Crippen LogP contribution in [0.1, 0.15) is 49.9 Å². The summed E-state index contributed by atoms with van der Waals surface area (Å²) in [6, 6.07) is 7.45. The quantitative estimate of drug-likeness (QED) is 0.876. The average molecular weight is 318 g/mol. The molecule has 1 amide bonds. The molecule has 0 aromatic heterocycles. The molecule has 1 aromatic carbocycles. The number of carbonyl (C=O) groups is 2. The van der Waals surface area contributed by atoms with Gasteiger partial charge in [0.05, 0.1) is 6.42 Å². The number of carboxylic acid groups (broad SMARTS) is 1. The van der Waals surface area contributed by atoms with Gasteiger partial charge in [-0.25, -0.2) is 0 Å². The van der Waals surface area contributed by atoms with Crippen molar-refractivity contribution in [2.45, 2.75) is 45.6 Å². The molecule has 0 aliphatic carbocycles. The Hall–Kier alpha value is -2.04. The molecule has 1 aliphatic rings. The number of piperidine rings is 1. The van der Waals surface area contributed by atoms with Gasteiger partial charge in [-0.2, -0.15) is 0 Å². The third kappa shape index (κ3) is 4.24. The van der Waals surface area contributed by atoms with E-state index in [4.69, 9.17) is 5.11 Å². The second kappa shape index (κ2) is 7.99. The Labute approximate surface area is 137 Å². The van der Waals surface area contributed by atoms with E-state index in [2.05, 4.69) is 18.7 Å². The van der Waals surface area contributed by atoms with Gasteiger partial charge in [-0.3, -0.25) is 9.59 Å². The largest absolute Gasteiger partial charge is 0.481 e. The molecule has 2 rings (SSSR count). The van der Waals surface area contributed by atoms with Crippen LogP contribution in [0.2, 0.25) is 0 Å². The van der Waals surface area contributed by atoms with Crippen LogP contribution in [0.3, 0.4) is 0 Å². The van der Waals surface area contributed by atoms with Crippen molar-refractivity contribution in [2.75, 3.05) is 24.5 Å². The van der Waals surface area contributed by atoms with Crippen molar-refractivity contribution in [3.8, 4) is 0 Å². The van der Waals surface area contributed by atoms with Gasteiger partial charge in [0.1, 0.15) is 0 Å². The van der Waals surface area contributed by atoms with Crippen molar-refractivity contribution >= 4 is 17.6 Å². The predicted octanol–water partition coefficient (Wildman–Crippen LogP) is 3.00. The Morgan fingerprint density at radius 1 is 1.17 bits per heavy atom. The van der Waals surface area contributed by atoms with E-state index in [9.17, 15) is 9.59 Å². The highest BCUT2D eigenvalue weighted by atomic mass is 16.4. The molecule has 126 valence electrons. The monoisotopic (exact) mass is 318 g/mol. The Kier molecular flexibility index (Phi) is 6.02. The molecule has 1 N–H and O–H groups in total. The highest BCUT2D eigenvalue weighted by molar-refractivity contribution is 5.95. The van der Waals surface area contributed by atoms with Crippen LogP contribution in [-0.2, 0) is 4.79 Å². The summed E-state index contributed by atoms with van der Waals surface area (Å²) in [5.41, 5.74) is 1.74. The maximum Gasteiger partial charge on any atom is 0.305 e. The maximum absolute atomic E-state index is 12.7. The van der Waals surface area contributed by atoms with Gasteiger partial charge in [0.2, 0.25) is 0 Å². The SMILES string of the molecule is CCN(CC)c1ccc(C(=O)N2CCCC[C@H]2CC(=O)O)cc1. The third-order valence-corrected chi connectivity index (χ3v) is 4.54. The Balaban J connectivity index is 2.13. The summed E-state index contributed by atoms with van der Waals surface area (Å²) in [5, 5.41) is 9.04. The summed E-state index contributed by atoms with van der Waals surface area (Å²) in [6.07, 6.45) is 2.74. The van der Waals surface area contributed by atoms with E-state index in [0.717, 1.165) is 38.0 Å². The molecule has 1 atom stereocenters. The maximum atomic E-state index is 12.7. The fourth-order valence-electron chi connectivity index (χ4n) is 3.25. The summed E-state index contributed by atoms with van der Waals surface area (Å²) < 4.78 is 0. The number of likely N-dealkylation sites (tertiary alicyclic amines) is 1. The minimum absolute atomic E-state index is 0.0310. The van der Waals surface area contributed by atoms with Gasteiger partial charge in [0, 0.05) is 36.9 Å². The lowest BCUT2D eigenvalue weighted by Gasteiger charge is -2.35. The van der Waals surface area contributed by atoms with E-state index in [0.29, 0.717) is 12.1 Å². The molecule has 1 fully saturated rings. The van der Waals surface area contributed by atoms with Crippen LogP contribution in [-0.4, -0.2) is 47.6 Å². The molecular weight excluding hydrogens is 292 g/mol. The van der Waals surface area contributed by atoms with Gasteiger partial charge < -0.3 is 14.9 Å². The second-order valence-corrected chi connectivity index (χ2v) is 5.97. The number of aliphatic carboxylic acids is 1. The van der Waals surface area contributed by atoms with E-state index in [-0.39, 0.29) is 18.4 Å². The zero-order chi connectivity index (χ0) is 16.8. The van der Waals surface area contributed by atoms with E-state index in [1.807, 2.05) is 24.3 Å². The lowest BCUT2D eigenvalue weighted by molar-refractivity contribution is -0.138. The van der Waals surface area contributed by atoms with Crippen LogP contribution in [0.15, 0.2) is 24.3 Å². The molecule has 5 heteroatoms. The average Bonchev–Trinajstić information content (AvgIpc) is 2.56. The standard InChI is InChI=1S/C18H26N2O3/c1-3-19(4-2)15-10-8-14(9-11-15)18(23)20-12-6-5-7-16(20)13-17(21)22/h8-11,16H,3-7,12-13H2,1-2H3,(H,21,22)/t16-/m0/s1. The van der Waals surface area contributed by atoms with Gasteiger partial charge in [0.15, 0.2) is 0 Å². The number of anilines is 1. The number of hydrogen-bond acceptors (Lipinski definition) is 3. The molecule has 0 unspecified atom stereocenters. The van der Waals surface area contributed by atoms with Crippen LogP contribution in [0.25, 0.3) is 0 Å². The summed E-state index contributed by atoms with van der Waals surface area (Å²) in [4.78, 5) is 27.7. The smallest absolute Gasteiger partial charge is 0.305 e. The lowest BCUT2D eigenvalue weighted by Crippen LogP contribution is -2.44. The number of hydrogen-bond donors (Lipinski definition) is 1. The van der Waals surface area contributed by atoms with Crippen molar-refractivity contribution in [3.05, 3.63) is 29.8 Å². The minimum atomic E-state index is -0.841. The highest BCUT2D eigenvalue weighted by Crippen LogP contribution is 2.23. The first-order valence-electron chi connectivity index (χ1n) is 8.44. The van der Waals surface area contributed by atoms with E-state index in [1.165, 1.54) is 0 Å². The summed E-state index contributed by atoms with van der Waals surface area (Å²) in [6.45, 7) is 6.71. The van der Waals surface area contributed by atoms with Crippen LogP contribution >= 0.6 is 0 Å². The zero-order valence-corrected chi connectivity index (χ0v) is 14.0. The molecule has 1 heterocycles. The first-order valence-corrected chi connectivity index (χ1v) is 8.44. The van der Waals surface area contributed by atoms with Crippen LogP contribution in [0.5, 0.6) is 0 Å². The molecule has 0 saturated carbocycles. The number of nitrogens with zero attached hydrogens (tertiary/aromatic N) is 2. The predicted molar refractivity (Wildman–Crippen MR) is 90.9 cm³/mol. The first-order chi connectivity index (χ1) is 11.1. The second-order valence-electron chi connectivity index (χ2n) is 5.97. The summed E-state index contributed by atoms with van der Waals surface area (Å²) >= 11 is 0. The number of carboxylic acids is 1. The molecule has 0 bridgehead atoms. The van der Waals surface area contributed by atoms with Gasteiger partial charge in [-0.1, -0.05) is 0 Å². The van der Waals surface area contributed by atoms with Crippen molar-refractivity contribution in [1.29, 1.82) is 0 Å². The Morgan fingerprint density at radius 2 is 1.83 bits per heavy atom.